The summed E-state index contributed by atoms with van der Waals surface area (Å²) < 4.78 is 11.6. The van der Waals surface area contributed by atoms with E-state index < -0.39 is 6.10 Å². The Morgan fingerprint density at radius 3 is 2.16 bits per heavy atom. The van der Waals surface area contributed by atoms with Gasteiger partial charge in [-0.05, 0) is 24.8 Å². The molecule has 1 aromatic carbocycles. The Balaban J connectivity index is 1.46. The monoisotopic (exact) mass is 447 g/mol. The Morgan fingerprint density at radius 1 is 0.875 bits per heavy atom. The van der Waals surface area contributed by atoms with Gasteiger partial charge in [0, 0.05) is 25.7 Å². The molecule has 4 nitrogen and oxygen atoms in total. The summed E-state index contributed by atoms with van der Waals surface area (Å²) in [5, 5.41) is 10.5. The maximum Gasteiger partial charge on any atom is 0.0900 e. The molecule has 0 spiro atoms. The Labute approximate surface area is 197 Å². The molecule has 1 N–H and O–H groups in total. The molecule has 1 aromatic rings. The SMILES string of the molecule is CCCCCCCCCCCCOCC(O)CN(CCOCc1ccccc1)C1CCC1. The number of rotatable bonds is 21. The van der Waals surface area contributed by atoms with E-state index in [2.05, 4.69) is 24.0 Å². The first-order valence-electron chi connectivity index (χ1n) is 13.4. The Morgan fingerprint density at radius 2 is 1.53 bits per heavy atom. The first-order chi connectivity index (χ1) is 15.8. The van der Waals surface area contributed by atoms with E-state index in [4.69, 9.17) is 9.47 Å². The van der Waals surface area contributed by atoms with E-state index in [1.165, 1.54) is 82.6 Å². The van der Waals surface area contributed by atoms with E-state index in [-0.39, 0.29) is 0 Å². The van der Waals surface area contributed by atoms with Gasteiger partial charge in [0.15, 0.2) is 0 Å². The van der Waals surface area contributed by atoms with Gasteiger partial charge >= 0.3 is 0 Å². The van der Waals surface area contributed by atoms with Crippen molar-refractivity contribution in [1.29, 1.82) is 0 Å². The third-order valence-corrected chi connectivity index (χ3v) is 6.62. The molecule has 1 aliphatic carbocycles. The molecule has 32 heavy (non-hydrogen) atoms. The number of benzene rings is 1. The Bertz CT molecular complexity index is 535. The van der Waals surface area contributed by atoms with Crippen LogP contribution in [-0.4, -0.2) is 55.1 Å². The zero-order chi connectivity index (χ0) is 22.7. The molecule has 0 bridgehead atoms. The molecule has 0 aromatic heterocycles. The van der Waals surface area contributed by atoms with Crippen LogP contribution in [0.3, 0.4) is 0 Å². The lowest BCUT2D eigenvalue weighted by molar-refractivity contribution is -0.0119. The number of unbranched alkanes of at least 4 members (excludes halogenated alkanes) is 9. The summed E-state index contributed by atoms with van der Waals surface area (Å²) in [5.41, 5.74) is 1.21. The van der Waals surface area contributed by atoms with Crippen molar-refractivity contribution in [1.82, 2.24) is 4.90 Å². The maximum absolute atomic E-state index is 10.5. The number of aliphatic hydroxyl groups is 1. The summed E-state index contributed by atoms with van der Waals surface area (Å²) in [4.78, 5) is 2.41. The highest BCUT2D eigenvalue weighted by atomic mass is 16.5. The minimum absolute atomic E-state index is 0.409. The van der Waals surface area contributed by atoms with E-state index >= 15 is 0 Å². The van der Waals surface area contributed by atoms with Crippen molar-refractivity contribution in [3.05, 3.63) is 35.9 Å². The van der Waals surface area contributed by atoms with Crippen molar-refractivity contribution in [2.45, 2.75) is 109 Å². The number of hydrogen-bond acceptors (Lipinski definition) is 4. The lowest BCUT2D eigenvalue weighted by atomic mass is 9.91. The van der Waals surface area contributed by atoms with Crippen molar-refractivity contribution in [3.63, 3.8) is 0 Å². The fourth-order valence-electron chi connectivity index (χ4n) is 4.36. The van der Waals surface area contributed by atoms with Crippen molar-refractivity contribution in [2.24, 2.45) is 0 Å². The van der Waals surface area contributed by atoms with E-state index in [9.17, 15) is 5.11 Å². The van der Waals surface area contributed by atoms with Crippen LogP contribution >= 0.6 is 0 Å². The quantitative estimate of drug-likeness (QED) is 0.223. The molecule has 0 saturated heterocycles. The molecular formula is C28H49NO3. The van der Waals surface area contributed by atoms with Gasteiger partial charge in [0.05, 0.1) is 25.9 Å². The lowest BCUT2D eigenvalue weighted by Gasteiger charge is -2.38. The van der Waals surface area contributed by atoms with Crippen LogP contribution < -0.4 is 0 Å². The minimum Gasteiger partial charge on any atom is -0.389 e. The molecule has 2 rings (SSSR count). The molecule has 1 unspecified atom stereocenters. The fraction of sp³-hybridized carbons (Fsp3) is 0.786. The van der Waals surface area contributed by atoms with Crippen molar-refractivity contribution in [2.75, 3.05) is 32.9 Å². The third-order valence-electron chi connectivity index (χ3n) is 6.62. The summed E-state index contributed by atoms with van der Waals surface area (Å²) in [6.07, 6.45) is 16.7. The average molecular weight is 448 g/mol. The van der Waals surface area contributed by atoms with Gasteiger partial charge in [-0.15, -0.1) is 0 Å². The Kier molecular flexibility index (Phi) is 15.8. The number of aliphatic hydroxyl groups excluding tert-OH is 1. The van der Waals surface area contributed by atoms with E-state index in [0.717, 1.165) is 19.6 Å². The van der Waals surface area contributed by atoms with Gasteiger partial charge < -0.3 is 14.6 Å². The van der Waals surface area contributed by atoms with Crippen LogP contribution in [-0.2, 0) is 16.1 Å². The zero-order valence-corrected chi connectivity index (χ0v) is 20.7. The van der Waals surface area contributed by atoms with Gasteiger partial charge in [-0.2, -0.15) is 0 Å². The van der Waals surface area contributed by atoms with Crippen LogP contribution in [0.4, 0.5) is 0 Å². The molecule has 1 aliphatic rings. The summed E-state index contributed by atoms with van der Waals surface area (Å²) in [6, 6.07) is 10.9. The first kappa shape index (κ1) is 27.3. The molecule has 1 atom stereocenters. The zero-order valence-electron chi connectivity index (χ0n) is 20.7. The summed E-state index contributed by atoms with van der Waals surface area (Å²) >= 11 is 0. The van der Waals surface area contributed by atoms with Gasteiger partial charge in [-0.25, -0.2) is 0 Å². The normalized spacial score (nSPS) is 15.2. The van der Waals surface area contributed by atoms with Crippen LogP contribution in [0.15, 0.2) is 30.3 Å². The Hall–Kier alpha value is -0.940. The highest BCUT2D eigenvalue weighted by Crippen LogP contribution is 2.24. The van der Waals surface area contributed by atoms with Crippen LogP contribution in [0.5, 0.6) is 0 Å². The molecule has 0 heterocycles. The summed E-state index contributed by atoms with van der Waals surface area (Å²) in [6.45, 7) is 6.43. The van der Waals surface area contributed by atoms with E-state index in [0.29, 0.717) is 32.4 Å². The standard InChI is InChI=1S/C28H49NO3/c1-2-3-4-5-6-7-8-9-10-14-21-31-25-28(30)23-29(27-18-15-19-27)20-22-32-24-26-16-12-11-13-17-26/h11-13,16-17,27-28,30H,2-10,14-15,18-25H2,1H3. The third kappa shape index (κ3) is 12.9. The van der Waals surface area contributed by atoms with Gasteiger partial charge in [0.2, 0.25) is 0 Å². The van der Waals surface area contributed by atoms with Crippen LogP contribution in [0, 0.1) is 0 Å². The largest absolute Gasteiger partial charge is 0.389 e. The first-order valence-corrected chi connectivity index (χ1v) is 13.4. The van der Waals surface area contributed by atoms with Crippen molar-refractivity contribution in [3.8, 4) is 0 Å². The van der Waals surface area contributed by atoms with Gasteiger partial charge in [0.25, 0.3) is 0 Å². The number of hydrogen-bond donors (Lipinski definition) is 1. The predicted octanol–water partition coefficient (Wildman–Crippen LogP) is 6.36. The highest BCUT2D eigenvalue weighted by molar-refractivity contribution is 5.13. The molecule has 0 radical (unpaired) electrons. The van der Waals surface area contributed by atoms with Crippen LogP contribution in [0.2, 0.25) is 0 Å². The summed E-state index contributed by atoms with van der Waals surface area (Å²) in [5.74, 6) is 0. The molecule has 1 saturated carbocycles. The second-order valence-corrected chi connectivity index (χ2v) is 9.53. The van der Waals surface area contributed by atoms with Gasteiger partial charge in [0.1, 0.15) is 0 Å². The second kappa shape index (κ2) is 18.5. The molecule has 1 fully saturated rings. The molecular weight excluding hydrogens is 398 g/mol. The minimum atomic E-state index is -0.409. The topological polar surface area (TPSA) is 41.9 Å². The average Bonchev–Trinajstić information content (AvgIpc) is 2.77. The predicted molar refractivity (Wildman–Crippen MR) is 134 cm³/mol. The van der Waals surface area contributed by atoms with Crippen LogP contribution in [0.25, 0.3) is 0 Å². The molecule has 184 valence electrons. The molecule has 0 amide bonds. The maximum atomic E-state index is 10.5. The fourth-order valence-corrected chi connectivity index (χ4v) is 4.36. The van der Waals surface area contributed by atoms with Gasteiger partial charge in [-0.1, -0.05) is 101 Å². The van der Waals surface area contributed by atoms with E-state index in [1.54, 1.807) is 0 Å². The highest BCUT2D eigenvalue weighted by Gasteiger charge is 2.26. The number of nitrogens with zero attached hydrogens (tertiary/aromatic N) is 1. The lowest BCUT2D eigenvalue weighted by Crippen LogP contribution is -2.46. The van der Waals surface area contributed by atoms with Crippen molar-refractivity contribution < 1.29 is 14.6 Å². The molecule has 0 aliphatic heterocycles. The van der Waals surface area contributed by atoms with Crippen LogP contribution in [0.1, 0.15) is 96.0 Å². The smallest absolute Gasteiger partial charge is 0.0900 e. The van der Waals surface area contributed by atoms with Crippen molar-refractivity contribution >= 4 is 0 Å². The summed E-state index contributed by atoms with van der Waals surface area (Å²) in [7, 11) is 0. The number of ether oxygens (including phenoxy) is 2. The van der Waals surface area contributed by atoms with E-state index in [1.807, 2.05) is 18.2 Å². The second-order valence-electron chi connectivity index (χ2n) is 9.53. The molecule has 4 heteroatoms. The van der Waals surface area contributed by atoms with Gasteiger partial charge in [-0.3, -0.25) is 4.90 Å².